The monoisotopic (exact) mass is 466 g/mol. The van der Waals surface area contributed by atoms with Gasteiger partial charge in [0.2, 0.25) is 0 Å². The fourth-order valence-electron chi connectivity index (χ4n) is 3.46. The number of halogens is 1. The van der Waals surface area contributed by atoms with Crippen molar-refractivity contribution in [2.75, 3.05) is 6.79 Å². The van der Waals surface area contributed by atoms with Crippen molar-refractivity contribution in [2.45, 2.75) is 38.5 Å². The van der Waals surface area contributed by atoms with Crippen LogP contribution in [0.15, 0.2) is 42.5 Å². The van der Waals surface area contributed by atoms with Crippen LogP contribution in [-0.4, -0.2) is 35.1 Å². The minimum Gasteiger partial charge on any atom is -0.756 e. The van der Waals surface area contributed by atoms with Crippen LogP contribution in [0.1, 0.15) is 53.1 Å². The Hall–Kier alpha value is -2.62. The number of ether oxygens (including phenoxy) is 2. The van der Waals surface area contributed by atoms with E-state index in [1.54, 1.807) is 32.0 Å². The molecule has 0 bridgehead atoms. The molecule has 0 spiro atoms. The van der Waals surface area contributed by atoms with Crippen molar-refractivity contribution in [1.29, 1.82) is 0 Å². The lowest BCUT2D eigenvalue weighted by Gasteiger charge is -2.44. The van der Waals surface area contributed by atoms with Crippen molar-refractivity contribution >= 4 is 19.5 Å². The van der Waals surface area contributed by atoms with Crippen LogP contribution < -0.4 is 14.9 Å². The molecule has 1 aliphatic heterocycles. The summed E-state index contributed by atoms with van der Waals surface area (Å²) in [6, 6.07) is 8.71. The molecule has 32 heavy (non-hydrogen) atoms. The first kappa shape index (κ1) is 24.0. The Balaban J connectivity index is 1.99. The molecule has 1 unspecified atom stereocenters. The molecule has 0 fully saturated rings. The molecule has 11 heteroatoms. The van der Waals surface area contributed by atoms with Crippen molar-refractivity contribution in [1.82, 2.24) is 5.32 Å². The molecule has 9 nitrogen and oxygen atoms in total. The molecule has 172 valence electrons. The first-order chi connectivity index (χ1) is 14.9. The lowest BCUT2D eigenvalue weighted by atomic mass is 9.85. The Kier molecular flexibility index (Phi) is 6.83. The molecular weight excluding hydrogens is 444 g/mol. The molecule has 0 saturated carbocycles. The van der Waals surface area contributed by atoms with Gasteiger partial charge in [-0.05, 0) is 63.2 Å². The first-order valence-corrected chi connectivity index (χ1v) is 11.1. The summed E-state index contributed by atoms with van der Waals surface area (Å²) in [4.78, 5) is 44.6. The third-order valence-electron chi connectivity index (χ3n) is 4.97. The van der Waals surface area contributed by atoms with Crippen LogP contribution in [0.25, 0.3) is 0 Å². The van der Waals surface area contributed by atoms with E-state index in [-0.39, 0.29) is 11.3 Å². The number of hydrogen-bond acceptors (Lipinski definition) is 7. The van der Waals surface area contributed by atoms with Gasteiger partial charge in [-0.15, -0.1) is 0 Å². The Bertz CT molecular complexity index is 1070. The third kappa shape index (κ3) is 5.59. The van der Waals surface area contributed by atoms with Crippen molar-refractivity contribution < 1.29 is 42.3 Å². The quantitative estimate of drug-likeness (QED) is 0.361. The fourth-order valence-corrected chi connectivity index (χ4v) is 3.65. The number of fused-ring (bicyclic) bond motifs is 1. The minimum absolute atomic E-state index is 0.175. The van der Waals surface area contributed by atoms with E-state index in [0.717, 1.165) is 12.1 Å². The zero-order valence-corrected chi connectivity index (χ0v) is 18.4. The second kappa shape index (κ2) is 9.09. The summed E-state index contributed by atoms with van der Waals surface area (Å²) in [6.07, 6.45) is -0.992. The third-order valence-corrected chi connectivity index (χ3v) is 5.40. The van der Waals surface area contributed by atoms with E-state index in [4.69, 9.17) is 14.4 Å². The predicted octanol–water partition coefficient (Wildman–Crippen LogP) is 2.49. The SMILES string of the molecule is CC(=O)c1ccc2c(c1)[C@H](NC(=O)c1ccc(F)cc1)[C@@H](OCOP(=O)([O-])O)C(C)(C)O2. The number of carbonyl (C=O) groups is 2. The number of hydrogen-bond donors (Lipinski definition) is 2. The number of carbonyl (C=O) groups excluding carboxylic acids is 2. The molecule has 3 rings (SSSR count). The van der Waals surface area contributed by atoms with Gasteiger partial charge in [0, 0.05) is 16.7 Å². The lowest BCUT2D eigenvalue weighted by Crippen LogP contribution is -2.55. The molecule has 2 aromatic carbocycles. The van der Waals surface area contributed by atoms with Crippen LogP contribution in [0, 0.1) is 5.82 Å². The Morgan fingerprint density at radius 1 is 1.22 bits per heavy atom. The molecule has 1 aliphatic rings. The minimum atomic E-state index is -5.05. The van der Waals surface area contributed by atoms with E-state index in [9.17, 15) is 23.4 Å². The summed E-state index contributed by atoms with van der Waals surface area (Å²) in [5.74, 6) is -0.885. The second-order valence-corrected chi connectivity index (χ2v) is 8.97. The number of benzene rings is 2. The van der Waals surface area contributed by atoms with E-state index < -0.39 is 44.1 Å². The fraction of sp³-hybridized carbons (Fsp3) is 0.333. The maximum atomic E-state index is 13.2. The average Bonchev–Trinajstić information content (AvgIpc) is 2.68. The van der Waals surface area contributed by atoms with E-state index in [0.29, 0.717) is 16.9 Å². The van der Waals surface area contributed by atoms with Gasteiger partial charge < -0.3 is 24.6 Å². The zero-order chi connectivity index (χ0) is 23.7. The van der Waals surface area contributed by atoms with Gasteiger partial charge >= 0.3 is 0 Å². The molecule has 0 aliphatic carbocycles. The number of nitrogens with one attached hydrogen (secondary N) is 1. The summed E-state index contributed by atoms with van der Waals surface area (Å²) < 4.78 is 40.0. The number of amides is 1. The standard InChI is InChI=1S/C21H23FNO8P/c1-12(24)14-6-9-17-16(10-14)18(23-20(25)13-4-7-15(22)8-5-13)19(21(2,3)31-17)29-11-30-32(26,27)28/h4-10,18-19H,11H2,1-3H3,(H,23,25)(H2,26,27,28)/p-1/t18-,19+/m0/s1. The molecule has 2 N–H and O–H groups in total. The molecule has 0 aromatic heterocycles. The molecule has 1 amide bonds. The number of ketones is 1. The topological polar surface area (TPSA) is 134 Å². The molecule has 3 atom stereocenters. The van der Waals surface area contributed by atoms with E-state index in [2.05, 4.69) is 9.84 Å². The van der Waals surface area contributed by atoms with Crippen molar-refractivity contribution in [3.63, 3.8) is 0 Å². The van der Waals surface area contributed by atoms with Gasteiger partial charge in [0.05, 0.1) is 6.04 Å². The van der Waals surface area contributed by atoms with Gasteiger partial charge in [-0.25, -0.2) is 4.39 Å². The van der Waals surface area contributed by atoms with Crippen LogP contribution in [-0.2, 0) is 13.8 Å². The number of phosphoric acid groups is 1. The number of phosphoric ester groups is 1. The van der Waals surface area contributed by atoms with Gasteiger partial charge in [0.25, 0.3) is 13.7 Å². The Labute approximate surface area is 183 Å². The van der Waals surface area contributed by atoms with Gasteiger partial charge in [-0.2, -0.15) is 0 Å². The maximum Gasteiger partial charge on any atom is 0.267 e. The molecular formula is C21H22FNO8P-. The van der Waals surface area contributed by atoms with Crippen LogP contribution in [0.2, 0.25) is 0 Å². The van der Waals surface area contributed by atoms with Crippen molar-refractivity contribution in [3.8, 4) is 5.75 Å². The summed E-state index contributed by atoms with van der Waals surface area (Å²) in [5.41, 5.74) is -0.124. The lowest BCUT2D eigenvalue weighted by molar-refractivity contribution is -0.234. The molecule has 1 heterocycles. The molecule has 0 radical (unpaired) electrons. The van der Waals surface area contributed by atoms with Gasteiger partial charge in [0.1, 0.15) is 23.3 Å². The molecule has 0 saturated heterocycles. The Morgan fingerprint density at radius 3 is 2.44 bits per heavy atom. The largest absolute Gasteiger partial charge is 0.756 e. The van der Waals surface area contributed by atoms with Crippen molar-refractivity contribution in [2.24, 2.45) is 0 Å². The number of Topliss-reactive ketones (excluding diaryl/α,β-unsaturated/α-hetero) is 1. The average molecular weight is 466 g/mol. The number of rotatable bonds is 7. The summed E-state index contributed by atoms with van der Waals surface area (Å²) in [7, 11) is -5.05. The van der Waals surface area contributed by atoms with E-state index >= 15 is 0 Å². The summed E-state index contributed by atoms with van der Waals surface area (Å²) >= 11 is 0. The highest BCUT2D eigenvalue weighted by Gasteiger charge is 2.46. The maximum absolute atomic E-state index is 13.2. The van der Waals surface area contributed by atoms with Crippen LogP contribution in [0.5, 0.6) is 5.75 Å². The van der Waals surface area contributed by atoms with Gasteiger partial charge in [-0.1, -0.05) is 0 Å². The zero-order valence-electron chi connectivity index (χ0n) is 17.5. The van der Waals surface area contributed by atoms with Crippen LogP contribution in [0.4, 0.5) is 4.39 Å². The first-order valence-electron chi connectivity index (χ1n) is 9.58. The molecule has 2 aromatic rings. The van der Waals surface area contributed by atoms with E-state index in [1.807, 2.05) is 0 Å². The van der Waals surface area contributed by atoms with Gasteiger partial charge in [-0.3, -0.25) is 18.7 Å². The smallest absolute Gasteiger partial charge is 0.267 e. The van der Waals surface area contributed by atoms with Crippen molar-refractivity contribution in [3.05, 3.63) is 65.0 Å². The summed E-state index contributed by atoms with van der Waals surface area (Å²) in [5, 5.41) is 2.79. The van der Waals surface area contributed by atoms with Gasteiger partial charge in [0.15, 0.2) is 12.6 Å². The van der Waals surface area contributed by atoms with Crippen LogP contribution >= 0.6 is 7.82 Å². The normalized spacial score (nSPS) is 21.1. The predicted molar refractivity (Wildman–Crippen MR) is 108 cm³/mol. The highest BCUT2D eigenvalue weighted by atomic mass is 31.2. The Morgan fingerprint density at radius 2 is 1.84 bits per heavy atom. The highest BCUT2D eigenvalue weighted by Crippen LogP contribution is 2.42. The highest BCUT2D eigenvalue weighted by molar-refractivity contribution is 7.44. The summed E-state index contributed by atoms with van der Waals surface area (Å²) in [6.45, 7) is 3.87. The second-order valence-electron chi connectivity index (χ2n) is 7.78. The van der Waals surface area contributed by atoms with Crippen LogP contribution in [0.3, 0.4) is 0 Å². The van der Waals surface area contributed by atoms with E-state index in [1.165, 1.54) is 19.1 Å².